The van der Waals surface area contributed by atoms with E-state index in [0.717, 1.165) is 36.5 Å². The summed E-state index contributed by atoms with van der Waals surface area (Å²) in [5.41, 5.74) is 2.35. The van der Waals surface area contributed by atoms with Gasteiger partial charge in [0.05, 0.1) is 29.1 Å². The van der Waals surface area contributed by atoms with Crippen LogP contribution in [-0.2, 0) is 17.8 Å². The third kappa shape index (κ3) is 5.40. The van der Waals surface area contributed by atoms with E-state index in [1.807, 2.05) is 6.07 Å². The van der Waals surface area contributed by atoms with Crippen molar-refractivity contribution < 1.29 is 19.2 Å². The number of piperazine rings is 1. The number of fused-ring (bicyclic) bond motifs is 1. The highest BCUT2D eigenvalue weighted by atomic mass is 16.6. The highest BCUT2D eigenvalue weighted by Crippen LogP contribution is 2.23. The Morgan fingerprint density at radius 3 is 2.57 bits per heavy atom. The molecule has 3 aromatic rings. The monoisotopic (exact) mass is 480 g/mol. The van der Waals surface area contributed by atoms with Crippen LogP contribution in [0.3, 0.4) is 0 Å². The zero-order chi connectivity index (χ0) is 24.9. The zero-order valence-corrected chi connectivity index (χ0v) is 19.8. The van der Waals surface area contributed by atoms with E-state index in [1.165, 1.54) is 24.3 Å². The van der Waals surface area contributed by atoms with Crippen LogP contribution in [0.15, 0.2) is 42.5 Å². The summed E-state index contributed by atoms with van der Waals surface area (Å²) in [6.07, 6.45) is -0.271. The molecule has 1 aliphatic rings. The number of aryl methyl sites for hydroxylation is 1. The Morgan fingerprint density at radius 2 is 1.89 bits per heavy atom. The molecule has 0 unspecified atom stereocenters. The molecule has 0 atom stereocenters. The Balaban J connectivity index is 1.47. The number of hydrogen-bond donors (Lipinski definition) is 1. The van der Waals surface area contributed by atoms with Gasteiger partial charge in [-0.15, -0.1) is 0 Å². The van der Waals surface area contributed by atoms with Gasteiger partial charge in [-0.1, -0.05) is 6.07 Å². The molecule has 0 radical (unpaired) electrons. The maximum absolute atomic E-state index is 12.6. The van der Waals surface area contributed by atoms with Gasteiger partial charge in [0.25, 0.3) is 11.6 Å². The number of amides is 2. The van der Waals surface area contributed by atoms with Gasteiger partial charge in [0.15, 0.2) is 0 Å². The fourth-order valence-electron chi connectivity index (χ4n) is 4.20. The second-order valence-corrected chi connectivity index (χ2v) is 8.20. The number of carbonyl (C=O) groups excluding carboxylic acids is 2. The average Bonchev–Trinajstić information content (AvgIpc) is 3.20. The molecule has 4 rings (SSSR count). The van der Waals surface area contributed by atoms with E-state index in [2.05, 4.69) is 21.7 Å². The van der Waals surface area contributed by atoms with Crippen molar-refractivity contribution in [1.82, 2.24) is 19.4 Å². The number of carbonyl (C=O) groups is 2. The maximum atomic E-state index is 12.6. The summed E-state index contributed by atoms with van der Waals surface area (Å²) in [5.74, 6) is 0.483. The zero-order valence-electron chi connectivity index (χ0n) is 19.8. The molecular formula is C24H28N6O5. The second kappa shape index (κ2) is 10.5. The number of non-ortho nitro benzene ring substituents is 1. The summed E-state index contributed by atoms with van der Waals surface area (Å²) in [4.78, 5) is 43.8. The number of benzene rings is 2. The molecule has 1 saturated heterocycles. The van der Waals surface area contributed by atoms with E-state index < -0.39 is 10.8 Å². The van der Waals surface area contributed by atoms with Crippen LogP contribution in [0.1, 0.15) is 30.0 Å². The number of nitrogens with one attached hydrogen (secondary N) is 1. The maximum Gasteiger partial charge on any atom is 0.409 e. The van der Waals surface area contributed by atoms with Crippen molar-refractivity contribution in [2.75, 3.05) is 38.1 Å². The molecule has 1 aliphatic heterocycles. The van der Waals surface area contributed by atoms with Crippen molar-refractivity contribution in [3.05, 3.63) is 64.0 Å². The molecule has 0 spiro atoms. The van der Waals surface area contributed by atoms with Gasteiger partial charge >= 0.3 is 6.09 Å². The summed E-state index contributed by atoms with van der Waals surface area (Å²) in [6.45, 7) is 8.30. The summed E-state index contributed by atoms with van der Waals surface area (Å²) in [7, 11) is 0. The first-order chi connectivity index (χ1) is 16.9. The van der Waals surface area contributed by atoms with Gasteiger partial charge in [-0.25, -0.2) is 9.78 Å². The van der Waals surface area contributed by atoms with Gasteiger partial charge < -0.3 is 19.5 Å². The number of nitrogens with zero attached hydrogens (tertiary/aromatic N) is 5. The van der Waals surface area contributed by atoms with Gasteiger partial charge in [-0.2, -0.15) is 0 Å². The lowest BCUT2D eigenvalue weighted by Crippen LogP contribution is -2.48. The topological polar surface area (TPSA) is 123 Å². The van der Waals surface area contributed by atoms with Crippen LogP contribution in [0.25, 0.3) is 11.0 Å². The standard InChI is InChI=1S/C24H28N6O5/c1-3-29-21-9-8-18(25-23(31)17-6-5-7-19(14-17)30(33)34)15-20(21)26-22(29)16-27-10-12-28(13-11-27)24(32)35-4-2/h5-9,14-15H,3-4,10-13,16H2,1-2H3,(H,25,31). The number of nitro groups is 1. The molecule has 184 valence electrons. The lowest BCUT2D eigenvalue weighted by Gasteiger charge is -2.33. The molecule has 1 fully saturated rings. The number of nitro benzene ring substituents is 1. The smallest absolute Gasteiger partial charge is 0.409 e. The number of ether oxygens (including phenoxy) is 1. The van der Waals surface area contributed by atoms with E-state index in [9.17, 15) is 19.7 Å². The van der Waals surface area contributed by atoms with Crippen LogP contribution in [-0.4, -0.2) is 69.1 Å². The van der Waals surface area contributed by atoms with Crippen LogP contribution >= 0.6 is 0 Å². The first-order valence-electron chi connectivity index (χ1n) is 11.6. The molecule has 35 heavy (non-hydrogen) atoms. The molecular weight excluding hydrogens is 452 g/mol. The van der Waals surface area contributed by atoms with E-state index in [1.54, 1.807) is 24.0 Å². The molecule has 0 aliphatic carbocycles. The predicted octanol–water partition coefficient (Wildman–Crippen LogP) is 3.49. The van der Waals surface area contributed by atoms with Gasteiger partial charge in [0.1, 0.15) is 5.82 Å². The SMILES string of the molecule is CCOC(=O)N1CCN(Cc2nc3cc(NC(=O)c4cccc([N+](=O)[O-])c4)ccc3n2CC)CC1. The molecule has 2 heterocycles. The largest absolute Gasteiger partial charge is 0.450 e. The minimum absolute atomic E-state index is 0.137. The molecule has 2 aromatic carbocycles. The molecule has 11 heteroatoms. The highest BCUT2D eigenvalue weighted by Gasteiger charge is 2.23. The second-order valence-electron chi connectivity index (χ2n) is 8.20. The first-order valence-corrected chi connectivity index (χ1v) is 11.6. The van der Waals surface area contributed by atoms with Gasteiger partial charge in [0, 0.05) is 56.1 Å². The summed E-state index contributed by atoms with van der Waals surface area (Å²) in [5, 5.41) is 13.8. The van der Waals surface area contributed by atoms with Crippen LogP contribution in [0.5, 0.6) is 0 Å². The van der Waals surface area contributed by atoms with E-state index in [0.29, 0.717) is 31.9 Å². The normalized spacial score (nSPS) is 14.2. The average molecular weight is 481 g/mol. The minimum Gasteiger partial charge on any atom is -0.450 e. The fourth-order valence-corrected chi connectivity index (χ4v) is 4.20. The highest BCUT2D eigenvalue weighted by molar-refractivity contribution is 6.05. The van der Waals surface area contributed by atoms with Crippen molar-refractivity contribution >= 4 is 34.4 Å². The van der Waals surface area contributed by atoms with E-state index in [4.69, 9.17) is 9.72 Å². The van der Waals surface area contributed by atoms with Gasteiger partial charge in [-0.3, -0.25) is 19.8 Å². The van der Waals surface area contributed by atoms with Crippen LogP contribution in [0.4, 0.5) is 16.2 Å². The van der Waals surface area contributed by atoms with Crippen molar-refractivity contribution in [2.45, 2.75) is 26.9 Å². The lowest BCUT2D eigenvalue weighted by molar-refractivity contribution is -0.384. The van der Waals surface area contributed by atoms with E-state index >= 15 is 0 Å². The molecule has 0 saturated carbocycles. The third-order valence-corrected chi connectivity index (χ3v) is 5.98. The molecule has 1 aromatic heterocycles. The van der Waals surface area contributed by atoms with Crippen molar-refractivity contribution in [2.24, 2.45) is 0 Å². The van der Waals surface area contributed by atoms with Crippen LogP contribution < -0.4 is 5.32 Å². The number of hydrogen-bond acceptors (Lipinski definition) is 7. The Morgan fingerprint density at radius 1 is 1.11 bits per heavy atom. The minimum atomic E-state index is -0.529. The van der Waals surface area contributed by atoms with E-state index in [-0.39, 0.29) is 17.3 Å². The quantitative estimate of drug-likeness (QED) is 0.406. The van der Waals surface area contributed by atoms with Crippen LogP contribution in [0.2, 0.25) is 0 Å². The number of anilines is 1. The molecule has 11 nitrogen and oxygen atoms in total. The molecule has 0 bridgehead atoms. The number of imidazole rings is 1. The lowest BCUT2D eigenvalue weighted by atomic mass is 10.2. The third-order valence-electron chi connectivity index (χ3n) is 5.98. The Labute approximate surface area is 202 Å². The first kappa shape index (κ1) is 24.1. The van der Waals surface area contributed by atoms with Crippen LogP contribution in [0, 0.1) is 10.1 Å². The van der Waals surface area contributed by atoms with Gasteiger partial charge in [0.2, 0.25) is 0 Å². The van der Waals surface area contributed by atoms with Crippen molar-refractivity contribution in [3.8, 4) is 0 Å². The Hall–Kier alpha value is -3.99. The predicted molar refractivity (Wildman–Crippen MR) is 130 cm³/mol. The van der Waals surface area contributed by atoms with Crippen molar-refractivity contribution in [3.63, 3.8) is 0 Å². The Kier molecular flexibility index (Phi) is 7.25. The summed E-state index contributed by atoms with van der Waals surface area (Å²) in [6, 6.07) is 11.1. The number of rotatable bonds is 7. The molecule has 2 amide bonds. The number of aromatic nitrogens is 2. The summed E-state index contributed by atoms with van der Waals surface area (Å²) >= 11 is 0. The molecule has 1 N–H and O–H groups in total. The fraction of sp³-hybridized carbons (Fsp3) is 0.375. The van der Waals surface area contributed by atoms with Crippen molar-refractivity contribution in [1.29, 1.82) is 0 Å². The van der Waals surface area contributed by atoms with Gasteiger partial charge in [-0.05, 0) is 38.1 Å². The Bertz CT molecular complexity index is 1250. The summed E-state index contributed by atoms with van der Waals surface area (Å²) < 4.78 is 7.22.